The first-order valence-electron chi connectivity index (χ1n) is 7.30. The normalized spacial score (nSPS) is 13.0. The van der Waals surface area contributed by atoms with Crippen molar-refractivity contribution < 1.29 is 27.8 Å². The van der Waals surface area contributed by atoms with Gasteiger partial charge in [0.05, 0.1) is 16.6 Å². The fraction of sp³-hybridized carbons (Fsp3) is 0.176. The van der Waals surface area contributed by atoms with Gasteiger partial charge in [-0.1, -0.05) is 0 Å². The number of hydrogen-bond acceptors (Lipinski definition) is 3. The molecule has 0 fully saturated rings. The lowest BCUT2D eigenvalue weighted by molar-refractivity contribution is -0.144. The van der Waals surface area contributed by atoms with Crippen LogP contribution in [0.3, 0.4) is 0 Å². The van der Waals surface area contributed by atoms with Crippen molar-refractivity contribution in [1.82, 2.24) is 9.55 Å². The Kier molecular flexibility index (Phi) is 4.12. The molecule has 0 saturated heterocycles. The first kappa shape index (κ1) is 16.8. The number of carboxylic acids is 1. The van der Waals surface area contributed by atoms with Crippen molar-refractivity contribution in [2.24, 2.45) is 0 Å². The number of nitrogens with zero attached hydrogens (tertiary/aromatic N) is 2. The Hall–Kier alpha value is -3.03. The van der Waals surface area contributed by atoms with E-state index in [1.165, 1.54) is 19.3 Å². The first-order chi connectivity index (χ1) is 11.8. The van der Waals surface area contributed by atoms with E-state index in [2.05, 4.69) is 4.98 Å². The zero-order valence-electron chi connectivity index (χ0n) is 13.0. The van der Waals surface area contributed by atoms with E-state index in [-0.39, 0.29) is 5.52 Å². The Balaban J connectivity index is 1.90. The molecule has 1 aromatic heterocycles. The third-order valence-electron chi connectivity index (χ3n) is 3.65. The van der Waals surface area contributed by atoms with Crippen molar-refractivity contribution in [2.45, 2.75) is 19.2 Å². The van der Waals surface area contributed by atoms with Crippen LogP contribution in [0.1, 0.15) is 12.5 Å². The van der Waals surface area contributed by atoms with Crippen LogP contribution >= 0.6 is 0 Å². The lowest BCUT2D eigenvalue weighted by Gasteiger charge is -2.11. The van der Waals surface area contributed by atoms with Gasteiger partial charge in [-0.05, 0) is 49.4 Å². The molecule has 2 aromatic carbocycles. The second-order valence-corrected chi connectivity index (χ2v) is 5.41. The van der Waals surface area contributed by atoms with Crippen LogP contribution in [0.4, 0.5) is 13.2 Å². The lowest BCUT2D eigenvalue weighted by atomic mass is 10.2. The van der Waals surface area contributed by atoms with E-state index < -0.39 is 23.8 Å². The number of carbonyl (C=O) groups is 1. The molecule has 130 valence electrons. The molecule has 1 atom stereocenters. The Labute approximate surface area is 140 Å². The molecule has 0 radical (unpaired) electrons. The number of aliphatic carboxylic acids is 1. The van der Waals surface area contributed by atoms with Gasteiger partial charge in [0.1, 0.15) is 12.1 Å². The summed E-state index contributed by atoms with van der Waals surface area (Å²) in [5, 5.41) is 8.83. The van der Waals surface area contributed by atoms with E-state index in [1.54, 1.807) is 28.8 Å². The molecule has 0 saturated carbocycles. The maximum atomic E-state index is 12.8. The third-order valence-corrected chi connectivity index (χ3v) is 3.65. The number of benzene rings is 2. The number of fused-ring (bicyclic) bond motifs is 1. The van der Waals surface area contributed by atoms with Gasteiger partial charge in [-0.3, -0.25) is 4.57 Å². The molecule has 1 heterocycles. The molecule has 25 heavy (non-hydrogen) atoms. The summed E-state index contributed by atoms with van der Waals surface area (Å²) >= 11 is 0. The number of aromatic nitrogens is 2. The van der Waals surface area contributed by atoms with Crippen LogP contribution in [-0.4, -0.2) is 26.7 Å². The number of rotatable bonds is 4. The summed E-state index contributed by atoms with van der Waals surface area (Å²) in [5.74, 6) is -0.701. The summed E-state index contributed by atoms with van der Waals surface area (Å²) < 4.78 is 45.2. The summed E-state index contributed by atoms with van der Waals surface area (Å²) in [5.41, 5.74) is 0.671. The predicted molar refractivity (Wildman–Crippen MR) is 83.8 cm³/mol. The molecule has 1 N–H and O–H groups in total. The van der Waals surface area contributed by atoms with Gasteiger partial charge in [0.2, 0.25) is 0 Å². The van der Waals surface area contributed by atoms with Crippen LogP contribution in [-0.2, 0) is 11.0 Å². The van der Waals surface area contributed by atoms with Crippen molar-refractivity contribution in [2.75, 3.05) is 0 Å². The maximum Gasteiger partial charge on any atom is 0.416 e. The highest BCUT2D eigenvalue weighted by atomic mass is 19.4. The Morgan fingerprint density at radius 3 is 2.48 bits per heavy atom. The van der Waals surface area contributed by atoms with Gasteiger partial charge in [-0.2, -0.15) is 13.2 Å². The summed E-state index contributed by atoms with van der Waals surface area (Å²) in [6.45, 7) is 1.41. The topological polar surface area (TPSA) is 64.4 Å². The minimum atomic E-state index is -4.42. The molecular weight excluding hydrogens is 337 g/mol. The fourth-order valence-corrected chi connectivity index (χ4v) is 2.33. The summed E-state index contributed by atoms with van der Waals surface area (Å²) in [4.78, 5) is 14.8. The van der Waals surface area contributed by atoms with Gasteiger partial charge in [0.15, 0.2) is 6.10 Å². The van der Waals surface area contributed by atoms with Crippen LogP contribution < -0.4 is 4.74 Å². The van der Waals surface area contributed by atoms with Crippen LogP contribution in [0.15, 0.2) is 48.8 Å². The molecule has 0 bridgehead atoms. The highest BCUT2D eigenvalue weighted by Gasteiger charge is 2.30. The highest BCUT2D eigenvalue weighted by Crippen LogP contribution is 2.31. The zero-order chi connectivity index (χ0) is 18.2. The van der Waals surface area contributed by atoms with E-state index in [0.29, 0.717) is 17.0 Å². The average Bonchev–Trinajstić information content (AvgIpc) is 2.97. The number of alkyl halides is 3. The highest BCUT2D eigenvalue weighted by molar-refractivity contribution is 5.78. The Bertz CT molecular complexity index is 917. The number of carboxylic acid groups (broad SMARTS) is 1. The standard InChI is InChI=1S/C17H13F3N2O3/c1-10(16(23)24)25-13-5-3-12(4-6-13)22-9-21-14-8-11(17(18,19)20)2-7-15(14)22/h2-10H,1H3,(H,23,24). The number of ether oxygens (including phenoxy) is 1. The van der Waals surface area contributed by atoms with Crippen LogP contribution in [0.5, 0.6) is 5.75 Å². The van der Waals surface area contributed by atoms with Gasteiger partial charge < -0.3 is 9.84 Å². The molecule has 5 nitrogen and oxygen atoms in total. The van der Waals surface area contributed by atoms with Crippen LogP contribution in [0.2, 0.25) is 0 Å². The van der Waals surface area contributed by atoms with E-state index >= 15 is 0 Å². The summed E-state index contributed by atoms with van der Waals surface area (Å²) in [7, 11) is 0. The zero-order valence-corrected chi connectivity index (χ0v) is 13.0. The Morgan fingerprint density at radius 2 is 1.88 bits per heavy atom. The first-order valence-corrected chi connectivity index (χ1v) is 7.30. The minimum Gasteiger partial charge on any atom is -0.479 e. The number of halogens is 3. The molecule has 0 amide bonds. The molecule has 0 aliphatic heterocycles. The molecule has 0 aliphatic carbocycles. The fourth-order valence-electron chi connectivity index (χ4n) is 2.33. The van der Waals surface area contributed by atoms with Crippen molar-refractivity contribution in [3.05, 3.63) is 54.4 Å². The van der Waals surface area contributed by atoms with Crippen molar-refractivity contribution in [1.29, 1.82) is 0 Å². The third kappa shape index (κ3) is 3.42. The number of imidazole rings is 1. The van der Waals surface area contributed by atoms with Gasteiger partial charge >= 0.3 is 12.1 Å². The van der Waals surface area contributed by atoms with Gasteiger partial charge in [-0.25, -0.2) is 9.78 Å². The van der Waals surface area contributed by atoms with E-state index in [0.717, 1.165) is 12.1 Å². The summed E-state index contributed by atoms with van der Waals surface area (Å²) in [6, 6.07) is 9.88. The molecule has 0 spiro atoms. The second-order valence-electron chi connectivity index (χ2n) is 5.41. The van der Waals surface area contributed by atoms with Gasteiger partial charge in [0, 0.05) is 5.69 Å². The van der Waals surface area contributed by atoms with Crippen molar-refractivity contribution in [3.8, 4) is 11.4 Å². The quantitative estimate of drug-likeness (QED) is 0.775. The monoisotopic (exact) mass is 350 g/mol. The van der Waals surface area contributed by atoms with Crippen molar-refractivity contribution >= 4 is 17.0 Å². The minimum absolute atomic E-state index is 0.231. The SMILES string of the molecule is CC(Oc1ccc(-n2cnc3cc(C(F)(F)F)ccc32)cc1)C(=O)O. The predicted octanol–water partition coefficient (Wildman–Crippen LogP) is 3.90. The molecule has 3 aromatic rings. The van der Waals surface area contributed by atoms with Gasteiger partial charge in [0.25, 0.3) is 0 Å². The largest absolute Gasteiger partial charge is 0.479 e. The van der Waals surface area contributed by atoms with E-state index in [9.17, 15) is 18.0 Å². The second kappa shape index (κ2) is 6.12. The van der Waals surface area contributed by atoms with E-state index in [1.807, 2.05) is 0 Å². The van der Waals surface area contributed by atoms with Crippen LogP contribution in [0, 0.1) is 0 Å². The smallest absolute Gasteiger partial charge is 0.416 e. The average molecular weight is 350 g/mol. The maximum absolute atomic E-state index is 12.8. The molecule has 1 unspecified atom stereocenters. The van der Waals surface area contributed by atoms with E-state index in [4.69, 9.17) is 9.84 Å². The van der Waals surface area contributed by atoms with Crippen LogP contribution in [0.25, 0.3) is 16.7 Å². The molecule has 8 heteroatoms. The lowest BCUT2D eigenvalue weighted by Crippen LogP contribution is -2.22. The summed E-state index contributed by atoms with van der Waals surface area (Å²) in [6.07, 6.45) is -3.97. The number of hydrogen-bond donors (Lipinski definition) is 1. The van der Waals surface area contributed by atoms with Gasteiger partial charge in [-0.15, -0.1) is 0 Å². The molecule has 3 rings (SSSR count). The molecule has 0 aliphatic rings. The Morgan fingerprint density at radius 1 is 1.20 bits per heavy atom. The van der Waals surface area contributed by atoms with Crippen molar-refractivity contribution in [3.63, 3.8) is 0 Å². The molecular formula is C17H13F3N2O3.